The minimum Gasteiger partial charge on any atom is -0.493 e. The number of rotatable bonds is 6. The van der Waals surface area contributed by atoms with Crippen LogP contribution in [0.4, 0.5) is 0 Å². The summed E-state index contributed by atoms with van der Waals surface area (Å²) in [5.41, 5.74) is 2.45. The number of fused-ring (bicyclic) bond motifs is 1. The van der Waals surface area contributed by atoms with Crippen molar-refractivity contribution < 1.29 is 23.4 Å². The Labute approximate surface area is 195 Å². The summed E-state index contributed by atoms with van der Waals surface area (Å²) in [5.74, 6) is 1.00. The molecule has 0 aliphatic rings. The molecule has 0 unspecified atom stereocenters. The smallest absolute Gasteiger partial charge is 0.344 e. The normalized spacial score (nSPS) is 10.8. The number of ether oxygens (including phenoxy) is 3. The fraction of sp³-hybridized carbons (Fsp3) is 0.154. The van der Waals surface area contributed by atoms with Crippen LogP contribution in [0.3, 0.4) is 0 Å². The van der Waals surface area contributed by atoms with Gasteiger partial charge in [0.05, 0.1) is 26.2 Å². The van der Waals surface area contributed by atoms with Gasteiger partial charge in [-0.05, 0) is 66.1 Å². The average molecular weight is 465 g/mol. The number of aryl methyl sites for hydroxylation is 1. The topological polar surface area (TPSA) is 75.0 Å². The van der Waals surface area contributed by atoms with E-state index >= 15 is 0 Å². The van der Waals surface area contributed by atoms with Crippen LogP contribution in [0.1, 0.15) is 11.1 Å². The van der Waals surface area contributed by atoms with Crippen LogP contribution in [0.5, 0.6) is 17.2 Å². The summed E-state index contributed by atoms with van der Waals surface area (Å²) in [6, 6.07) is 17.1. The standard InChI is InChI=1S/C26H21ClO6/c1-15-20-14-19(32-24(28)12-16-4-7-18(27)8-5-16)9-11-21(20)33-26(29)25(15)17-6-10-22(30-2)23(13-17)31-3/h4-11,13-14H,12H2,1-3H3. The van der Waals surface area contributed by atoms with Crippen LogP contribution in [0.25, 0.3) is 22.1 Å². The second-order valence-electron chi connectivity index (χ2n) is 7.39. The zero-order valence-corrected chi connectivity index (χ0v) is 19.1. The van der Waals surface area contributed by atoms with E-state index in [4.69, 9.17) is 30.2 Å². The van der Waals surface area contributed by atoms with Crippen molar-refractivity contribution in [2.24, 2.45) is 0 Å². The quantitative estimate of drug-likeness (QED) is 0.210. The van der Waals surface area contributed by atoms with Crippen LogP contribution >= 0.6 is 11.6 Å². The van der Waals surface area contributed by atoms with Gasteiger partial charge in [-0.3, -0.25) is 4.79 Å². The van der Waals surface area contributed by atoms with Crippen LogP contribution in [-0.4, -0.2) is 20.2 Å². The molecule has 4 rings (SSSR count). The zero-order valence-electron chi connectivity index (χ0n) is 18.3. The van der Waals surface area contributed by atoms with Crippen molar-refractivity contribution in [1.29, 1.82) is 0 Å². The van der Waals surface area contributed by atoms with Gasteiger partial charge in [-0.25, -0.2) is 4.79 Å². The van der Waals surface area contributed by atoms with Gasteiger partial charge in [-0.2, -0.15) is 0 Å². The molecule has 4 aromatic rings. The van der Waals surface area contributed by atoms with Gasteiger partial charge >= 0.3 is 11.6 Å². The summed E-state index contributed by atoms with van der Waals surface area (Å²) in [6.45, 7) is 1.82. The molecule has 1 heterocycles. The van der Waals surface area contributed by atoms with Crippen molar-refractivity contribution in [2.75, 3.05) is 14.2 Å². The van der Waals surface area contributed by atoms with E-state index in [-0.39, 0.29) is 6.42 Å². The molecular formula is C26H21ClO6. The van der Waals surface area contributed by atoms with Gasteiger partial charge in [0.15, 0.2) is 11.5 Å². The van der Waals surface area contributed by atoms with E-state index in [1.165, 1.54) is 7.11 Å². The molecule has 0 aliphatic heterocycles. The summed E-state index contributed by atoms with van der Waals surface area (Å²) >= 11 is 5.89. The lowest BCUT2D eigenvalue weighted by Gasteiger charge is -2.12. The Balaban J connectivity index is 1.68. The second kappa shape index (κ2) is 9.38. The van der Waals surface area contributed by atoms with Crippen LogP contribution in [0.2, 0.25) is 5.02 Å². The molecule has 0 fully saturated rings. The van der Waals surface area contributed by atoms with Crippen molar-refractivity contribution >= 4 is 28.5 Å². The highest BCUT2D eigenvalue weighted by atomic mass is 35.5. The molecule has 0 spiro atoms. The first-order chi connectivity index (χ1) is 15.9. The van der Waals surface area contributed by atoms with E-state index in [1.807, 2.05) is 6.92 Å². The zero-order chi connectivity index (χ0) is 23.5. The van der Waals surface area contributed by atoms with Gasteiger partial charge in [-0.1, -0.05) is 29.8 Å². The first kappa shape index (κ1) is 22.4. The Kier molecular flexibility index (Phi) is 6.38. The molecule has 7 heteroatoms. The Morgan fingerprint density at radius 3 is 2.36 bits per heavy atom. The predicted molar refractivity (Wildman–Crippen MR) is 127 cm³/mol. The number of methoxy groups -OCH3 is 2. The molecule has 0 N–H and O–H groups in total. The van der Waals surface area contributed by atoms with Crippen molar-refractivity contribution in [2.45, 2.75) is 13.3 Å². The second-order valence-corrected chi connectivity index (χ2v) is 7.83. The van der Waals surface area contributed by atoms with Gasteiger partial charge in [0, 0.05) is 10.4 Å². The predicted octanol–water partition coefficient (Wildman–Crippen LogP) is 5.59. The summed E-state index contributed by atoms with van der Waals surface area (Å²) < 4.78 is 21.7. The number of carbonyl (C=O) groups is 1. The number of esters is 1. The first-order valence-corrected chi connectivity index (χ1v) is 10.5. The lowest BCUT2D eigenvalue weighted by molar-refractivity contribution is -0.133. The fourth-order valence-electron chi connectivity index (χ4n) is 3.66. The fourth-order valence-corrected chi connectivity index (χ4v) is 3.78. The van der Waals surface area contributed by atoms with Crippen LogP contribution < -0.4 is 19.8 Å². The highest BCUT2D eigenvalue weighted by molar-refractivity contribution is 6.30. The minimum atomic E-state index is -0.472. The number of benzene rings is 3. The molecule has 0 atom stereocenters. The van der Waals surface area contributed by atoms with Crippen molar-refractivity contribution in [3.8, 4) is 28.4 Å². The van der Waals surface area contributed by atoms with Crippen molar-refractivity contribution in [3.05, 3.63) is 87.2 Å². The number of hydrogen-bond acceptors (Lipinski definition) is 6. The van der Waals surface area contributed by atoms with Crippen LogP contribution in [0.15, 0.2) is 69.9 Å². The Bertz CT molecular complexity index is 1390. The van der Waals surface area contributed by atoms with E-state index in [0.717, 1.165) is 5.56 Å². The first-order valence-electron chi connectivity index (χ1n) is 10.1. The molecule has 0 aliphatic carbocycles. The minimum absolute atomic E-state index is 0.106. The van der Waals surface area contributed by atoms with Gasteiger partial charge in [0.25, 0.3) is 0 Å². The molecule has 6 nitrogen and oxygen atoms in total. The lowest BCUT2D eigenvalue weighted by Crippen LogP contribution is -2.11. The Morgan fingerprint density at radius 1 is 0.939 bits per heavy atom. The third-order valence-electron chi connectivity index (χ3n) is 5.30. The van der Waals surface area contributed by atoms with Crippen LogP contribution in [0, 0.1) is 6.92 Å². The van der Waals surface area contributed by atoms with Gasteiger partial charge in [0.2, 0.25) is 0 Å². The Morgan fingerprint density at radius 2 is 1.67 bits per heavy atom. The molecule has 0 saturated carbocycles. The SMILES string of the molecule is COc1ccc(-c2c(C)c3cc(OC(=O)Cc4ccc(Cl)cc4)ccc3oc2=O)cc1OC. The van der Waals surface area contributed by atoms with Crippen molar-refractivity contribution in [3.63, 3.8) is 0 Å². The van der Waals surface area contributed by atoms with E-state index in [9.17, 15) is 9.59 Å². The monoisotopic (exact) mass is 464 g/mol. The van der Waals surface area contributed by atoms with E-state index in [1.54, 1.807) is 67.8 Å². The summed E-state index contributed by atoms with van der Waals surface area (Å²) in [5, 5.41) is 1.26. The molecule has 33 heavy (non-hydrogen) atoms. The third kappa shape index (κ3) is 4.71. The van der Waals surface area contributed by atoms with Crippen molar-refractivity contribution in [1.82, 2.24) is 0 Å². The van der Waals surface area contributed by atoms with Crippen LogP contribution in [-0.2, 0) is 11.2 Å². The third-order valence-corrected chi connectivity index (χ3v) is 5.55. The number of halogens is 1. The largest absolute Gasteiger partial charge is 0.493 e. The highest BCUT2D eigenvalue weighted by Gasteiger charge is 2.17. The van der Waals surface area contributed by atoms with E-state index in [2.05, 4.69) is 0 Å². The molecule has 3 aromatic carbocycles. The lowest BCUT2D eigenvalue weighted by atomic mass is 9.99. The average Bonchev–Trinajstić information content (AvgIpc) is 2.81. The maximum atomic E-state index is 12.8. The van der Waals surface area contributed by atoms with Gasteiger partial charge in [-0.15, -0.1) is 0 Å². The molecule has 0 bridgehead atoms. The summed E-state index contributed by atoms with van der Waals surface area (Å²) in [7, 11) is 3.07. The van der Waals surface area contributed by atoms with E-state index < -0.39 is 11.6 Å². The molecular weight excluding hydrogens is 444 g/mol. The summed E-state index contributed by atoms with van der Waals surface area (Å²) in [6.07, 6.45) is 0.106. The molecule has 168 valence electrons. The molecule has 0 saturated heterocycles. The molecule has 0 amide bonds. The Hall–Kier alpha value is -3.77. The number of hydrogen-bond donors (Lipinski definition) is 0. The maximum absolute atomic E-state index is 12.8. The van der Waals surface area contributed by atoms with Gasteiger partial charge in [0.1, 0.15) is 11.3 Å². The molecule has 0 radical (unpaired) electrons. The molecule has 1 aromatic heterocycles. The highest BCUT2D eigenvalue weighted by Crippen LogP contribution is 2.34. The van der Waals surface area contributed by atoms with E-state index in [0.29, 0.717) is 49.9 Å². The number of carbonyl (C=O) groups excluding carboxylic acids is 1. The maximum Gasteiger partial charge on any atom is 0.344 e. The van der Waals surface area contributed by atoms with Gasteiger partial charge < -0.3 is 18.6 Å². The summed E-state index contributed by atoms with van der Waals surface area (Å²) in [4.78, 5) is 25.2.